The van der Waals surface area contributed by atoms with Gasteiger partial charge in [0.1, 0.15) is 0 Å². The smallest absolute Gasteiger partial charge is 0.188 e. The average Bonchev–Trinajstić information content (AvgIpc) is 3.89. The Hall–Kier alpha value is -7.86. The van der Waals surface area contributed by atoms with Crippen molar-refractivity contribution in [3.05, 3.63) is 193 Å². The van der Waals surface area contributed by atoms with Gasteiger partial charge in [-0.3, -0.25) is 0 Å². The molecule has 262 valence electrons. The molecule has 5 heteroatoms. The predicted octanol–water partition coefficient (Wildman–Crippen LogP) is 13.7. The minimum atomic E-state index is 0. The van der Waals surface area contributed by atoms with Crippen LogP contribution in [0.1, 0.15) is 13.0 Å². The molecular weight excluding hydrogens is 683 g/mol. The molecule has 0 aliphatic carbocycles. The second kappa shape index (κ2) is 12.6. The third kappa shape index (κ3) is 4.65. The highest BCUT2D eigenvalue weighted by Crippen LogP contribution is 2.42. The zero-order chi connectivity index (χ0) is 36.6. The van der Waals surface area contributed by atoms with E-state index >= 15 is 0 Å². The van der Waals surface area contributed by atoms with Gasteiger partial charge in [0.05, 0.1) is 62.7 Å². The van der Waals surface area contributed by atoms with E-state index in [4.69, 9.17) is 6.57 Å². The van der Waals surface area contributed by atoms with Gasteiger partial charge >= 0.3 is 0 Å². The molecule has 0 N–H and O–H groups in total. The van der Waals surface area contributed by atoms with E-state index in [1.165, 1.54) is 10.8 Å². The normalized spacial score (nSPS) is 11.4. The molecule has 3 aromatic heterocycles. The van der Waals surface area contributed by atoms with Gasteiger partial charge in [0, 0.05) is 38.2 Å². The fraction of sp³-hybridized carbons (Fsp3) is 0.0196. The van der Waals surface area contributed by atoms with Crippen LogP contribution in [-0.4, -0.2) is 13.7 Å². The lowest BCUT2D eigenvalue weighted by Gasteiger charge is -2.18. The first-order valence-corrected chi connectivity index (χ1v) is 18.3. The summed E-state index contributed by atoms with van der Waals surface area (Å²) in [4.78, 5) is 3.70. The molecule has 3 heterocycles. The molecule has 11 rings (SSSR count). The molecule has 0 amide bonds. The second-order valence-corrected chi connectivity index (χ2v) is 14.0. The Kier molecular flexibility index (Phi) is 7.39. The van der Waals surface area contributed by atoms with Crippen LogP contribution in [0.4, 0.5) is 5.69 Å². The number of aromatic nitrogens is 3. The fourth-order valence-corrected chi connectivity index (χ4v) is 8.74. The van der Waals surface area contributed by atoms with Crippen LogP contribution in [0, 0.1) is 17.9 Å². The Morgan fingerprint density at radius 1 is 0.446 bits per heavy atom. The highest BCUT2D eigenvalue weighted by molar-refractivity contribution is 6.15. The van der Waals surface area contributed by atoms with Crippen LogP contribution in [0.3, 0.4) is 0 Å². The van der Waals surface area contributed by atoms with Gasteiger partial charge in [0.2, 0.25) is 0 Å². The maximum absolute atomic E-state index is 10.3. The van der Waals surface area contributed by atoms with Crippen molar-refractivity contribution >= 4 is 71.1 Å². The summed E-state index contributed by atoms with van der Waals surface area (Å²) in [6.07, 6.45) is 0. The van der Waals surface area contributed by atoms with Crippen molar-refractivity contribution in [1.82, 2.24) is 13.7 Å². The van der Waals surface area contributed by atoms with E-state index in [9.17, 15) is 5.26 Å². The highest BCUT2D eigenvalue weighted by Gasteiger charge is 2.22. The molecule has 0 spiro atoms. The quantitative estimate of drug-likeness (QED) is 0.167. The number of rotatable bonds is 4. The Morgan fingerprint density at radius 3 is 1.61 bits per heavy atom. The van der Waals surface area contributed by atoms with E-state index in [1.807, 2.05) is 36.4 Å². The number of hydrogen-bond acceptors (Lipinski definition) is 1. The van der Waals surface area contributed by atoms with Crippen LogP contribution in [-0.2, 0) is 0 Å². The molecule has 0 unspecified atom stereocenters. The molecule has 11 aromatic rings. The van der Waals surface area contributed by atoms with E-state index in [2.05, 4.69) is 164 Å². The largest absolute Gasteiger partial charge is 0.309 e. The minimum Gasteiger partial charge on any atom is -0.309 e. The van der Waals surface area contributed by atoms with Crippen LogP contribution in [0.15, 0.2) is 176 Å². The van der Waals surface area contributed by atoms with Crippen molar-refractivity contribution in [2.45, 2.75) is 7.43 Å². The summed E-state index contributed by atoms with van der Waals surface area (Å²) in [7, 11) is 0. The SMILES string of the molecule is C.[C-]#[N+]c1ccc2c(c1)c1ccccc1n2-c1ccc(-c2ccc(C#N)cc2-n2c3ccccc3c3cccc(-n4c5ccccc5c5ccccc54)c32)cc1. The van der Waals surface area contributed by atoms with Crippen LogP contribution in [0.25, 0.3) is 98.5 Å². The zero-order valence-corrected chi connectivity index (χ0v) is 29.5. The summed E-state index contributed by atoms with van der Waals surface area (Å²) in [5.74, 6) is 0. The number of benzene rings is 8. The lowest BCUT2D eigenvalue weighted by Crippen LogP contribution is -2.02. The van der Waals surface area contributed by atoms with E-state index < -0.39 is 0 Å². The van der Waals surface area contributed by atoms with Crippen molar-refractivity contribution in [1.29, 1.82) is 5.26 Å². The third-order valence-corrected chi connectivity index (χ3v) is 11.1. The molecule has 0 atom stereocenters. The third-order valence-electron chi connectivity index (χ3n) is 11.1. The number of para-hydroxylation sites is 5. The summed E-state index contributed by atoms with van der Waals surface area (Å²) in [6.45, 7) is 7.60. The summed E-state index contributed by atoms with van der Waals surface area (Å²) in [6, 6.07) is 63.8. The van der Waals surface area contributed by atoms with Crippen LogP contribution in [0.5, 0.6) is 0 Å². The van der Waals surface area contributed by atoms with Gasteiger partial charge in [-0.05, 0) is 77.7 Å². The van der Waals surface area contributed by atoms with Gasteiger partial charge in [-0.1, -0.05) is 117 Å². The van der Waals surface area contributed by atoms with Gasteiger partial charge in [-0.2, -0.15) is 5.26 Å². The van der Waals surface area contributed by atoms with Crippen molar-refractivity contribution in [2.24, 2.45) is 0 Å². The number of hydrogen-bond donors (Lipinski definition) is 0. The Morgan fingerprint density at radius 2 is 0.982 bits per heavy atom. The standard InChI is InChI=1S/C50H29N5.CH4/c1-52-34-24-28-47-42(30-34)40-14-5-6-16-43(40)53(47)35-25-22-33(23-26-35)36-27-21-32(31-51)29-49(36)55-46-19-9-4-13-39(46)41-15-10-20-48(50(41)55)54-44-17-7-2-11-37(44)38-12-3-8-18-45(38)54;/h2-30H;1H4. The van der Waals surface area contributed by atoms with Gasteiger partial charge < -0.3 is 13.7 Å². The molecule has 0 bridgehead atoms. The molecule has 0 aliphatic rings. The molecule has 0 aliphatic heterocycles. The summed E-state index contributed by atoms with van der Waals surface area (Å²) < 4.78 is 7.01. The van der Waals surface area contributed by atoms with Crippen LogP contribution >= 0.6 is 0 Å². The van der Waals surface area contributed by atoms with Gasteiger partial charge in [-0.15, -0.1) is 0 Å². The molecule has 0 saturated carbocycles. The van der Waals surface area contributed by atoms with Crippen LogP contribution < -0.4 is 0 Å². The van der Waals surface area contributed by atoms with Crippen molar-refractivity contribution in [2.75, 3.05) is 0 Å². The highest BCUT2D eigenvalue weighted by atomic mass is 15.1. The molecule has 5 nitrogen and oxygen atoms in total. The second-order valence-electron chi connectivity index (χ2n) is 14.0. The van der Waals surface area contributed by atoms with Gasteiger partial charge in [0.25, 0.3) is 0 Å². The lowest BCUT2D eigenvalue weighted by atomic mass is 10.0. The lowest BCUT2D eigenvalue weighted by molar-refractivity contribution is 1.13. The van der Waals surface area contributed by atoms with Crippen LogP contribution in [0.2, 0.25) is 0 Å². The molecule has 8 aromatic carbocycles. The molecule has 0 fully saturated rings. The Labute approximate surface area is 323 Å². The number of fused-ring (bicyclic) bond motifs is 9. The zero-order valence-electron chi connectivity index (χ0n) is 29.5. The monoisotopic (exact) mass is 715 g/mol. The predicted molar refractivity (Wildman–Crippen MR) is 233 cm³/mol. The molecule has 56 heavy (non-hydrogen) atoms. The van der Waals surface area contributed by atoms with Gasteiger partial charge in [-0.25, -0.2) is 4.85 Å². The maximum atomic E-state index is 10.3. The van der Waals surface area contributed by atoms with E-state index in [0.717, 1.165) is 82.8 Å². The number of nitriles is 1. The molecular formula is C51H33N5. The van der Waals surface area contributed by atoms with E-state index in [-0.39, 0.29) is 7.43 Å². The van der Waals surface area contributed by atoms with E-state index in [0.29, 0.717) is 11.3 Å². The topological polar surface area (TPSA) is 42.9 Å². The first-order valence-electron chi connectivity index (χ1n) is 18.3. The van der Waals surface area contributed by atoms with Crippen molar-refractivity contribution in [3.8, 4) is 34.3 Å². The summed E-state index contributed by atoms with van der Waals surface area (Å²) in [5, 5.41) is 17.1. The summed E-state index contributed by atoms with van der Waals surface area (Å²) >= 11 is 0. The number of nitrogens with zero attached hydrogens (tertiary/aromatic N) is 5. The first-order chi connectivity index (χ1) is 27.2. The molecule has 0 radical (unpaired) electrons. The van der Waals surface area contributed by atoms with Gasteiger partial charge in [0.15, 0.2) is 5.69 Å². The fourth-order valence-electron chi connectivity index (χ4n) is 8.74. The maximum Gasteiger partial charge on any atom is 0.188 e. The van der Waals surface area contributed by atoms with Crippen molar-refractivity contribution in [3.63, 3.8) is 0 Å². The van der Waals surface area contributed by atoms with E-state index in [1.54, 1.807) is 0 Å². The average molecular weight is 716 g/mol. The first kappa shape index (κ1) is 32.8. The Balaban J connectivity index is 0.00000384. The van der Waals surface area contributed by atoms with Crippen molar-refractivity contribution < 1.29 is 0 Å². The summed E-state index contributed by atoms with van der Waals surface area (Å²) in [5.41, 5.74) is 12.9. The Bertz CT molecular complexity index is 3400. The molecule has 0 saturated heterocycles. The minimum absolute atomic E-state index is 0.